The van der Waals surface area contributed by atoms with Gasteiger partial charge in [-0.05, 0) is 99.8 Å². The predicted molar refractivity (Wildman–Crippen MR) is 164 cm³/mol. The highest BCUT2D eigenvalue weighted by molar-refractivity contribution is 5.94. The molecule has 0 unspecified atom stereocenters. The van der Waals surface area contributed by atoms with Crippen LogP contribution in [0.1, 0.15) is 123 Å². The van der Waals surface area contributed by atoms with Crippen LogP contribution < -0.4 is 0 Å². The van der Waals surface area contributed by atoms with E-state index in [2.05, 4.69) is 90.6 Å². The normalized spacial score (nSPS) is 18.5. The highest BCUT2D eigenvalue weighted by Gasteiger charge is 2.30. The molecule has 1 saturated carbocycles. The molecule has 36 heavy (non-hydrogen) atoms. The number of aryl methyl sites for hydroxylation is 2. The van der Waals surface area contributed by atoms with Crippen molar-refractivity contribution in [2.45, 2.75) is 127 Å². The lowest BCUT2D eigenvalue weighted by Crippen LogP contribution is -2.35. The Morgan fingerprint density at radius 1 is 1.00 bits per heavy atom. The average Bonchev–Trinajstić information content (AvgIpc) is 3.32. The summed E-state index contributed by atoms with van der Waals surface area (Å²) in [6, 6.07) is 4.33. The topological polar surface area (TPSA) is 15.6 Å². The van der Waals surface area contributed by atoms with Crippen LogP contribution in [0.2, 0.25) is 0 Å². The SMILES string of the molecule is C=C(C)N1CCC(C)(C)CC1.C=CC(C)=Nc1c(CC)ccc(C)c1C.CCCC1(CC)CCCC1. The summed E-state index contributed by atoms with van der Waals surface area (Å²) < 4.78 is 0. The maximum absolute atomic E-state index is 4.61. The minimum Gasteiger partial charge on any atom is -0.375 e. The molecular weight excluding hydrogens is 436 g/mol. The van der Waals surface area contributed by atoms with Gasteiger partial charge < -0.3 is 4.90 Å². The lowest BCUT2D eigenvalue weighted by Gasteiger charge is -2.38. The van der Waals surface area contributed by atoms with E-state index in [1.807, 2.05) is 6.92 Å². The maximum atomic E-state index is 4.61. The number of hydrogen-bond acceptors (Lipinski definition) is 2. The number of nitrogens with zero attached hydrogens (tertiary/aromatic N) is 2. The fourth-order valence-electron chi connectivity index (χ4n) is 5.45. The Bertz CT molecular complexity index is 842. The zero-order valence-corrected chi connectivity index (χ0v) is 25.5. The van der Waals surface area contributed by atoms with E-state index in [9.17, 15) is 0 Å². The maximum Gasteiger partial charge on any atom is 0.0696 e. The van der Waals surface area contributed by atoms with Crippen molar-refractivity contribution in [2.75, 3.05) is 13.1 Å². The Morgan fingerprint density at radius 3 is 2.03 bits per heavy atom. The first kappa shape index (κ1) is 32.2. The second-order valence-electron chi connectivity index (χ2n) is 12.0. The third-order valence-corrected chi connectivity index (χ3v) is 8.60. The molecular formula is C34H58N2. The monoisotopic (exact) mass is 494 g/mol. The number of likely N-dealkylation sites (tertiary alicyclic amines) is 1. The molecule has 2 fully saturated rings. The van der Waals surface area contributed by atoms with E-state index in [1.165, 1.54) is 93.3 Å². The molecule has 0 bridgehead atoms. The van der Waals surface area contributed by atoms with Crippen molar-refractivity contribution in [3.63, 3.8) is 0 Å². The number of aliphatic imine (C=N–C) groups is 1. The van der Waals surface area contributed by atoms with Crippen LogP contribution in [0.3, 0.4) is 0 Å². The van der Waals surface area contributed by atoms with Crippen molar-refractivity contribution in [1.82, 2.24) is 4.90 Å². The molecule has 2 heteroatoms. The molecule has 3 rings (SSSR count). The molecule has 1 heterocycles. The molecule has 0 atom stereocenters. The molecule has 2 nitrogen and oxygen atoms in total. The van der Waals surface area contributed by atoms with Gasteiger partial charge in [-0.3, -0.25) is 4.99 Å². The van der Waals surface area contributed by atoms with E-state index >= 15 is 0 Å². The Morgan fingerprint density at radius 2 is 1.58 bits per heavy atom. The van der Waals surface area contributed by atoms with E-state index in [1.54, 1.807) is 6.08 Å². The van der Waals surface area contributed by atoms with Crippen molar-refractivity contribution in [3.05, 3.63) is 53.8 Å². The van der Waals surface area contributed by atoms with Gasteiger partial charge in [0.05, 0.1) is 5.69 Å². The highest BCUT2D eigenvalue weighted by atomic mass is 15.1. The number of benzene rings is 1. The smallest absolute Gasteiger partial charge is 0.0696 e. The Balaban J connectivity index is 0.000000277. The zero-order valence-electron chi connectivity index (χ0n) is 25.5. The zero-order chi connectivity index (χ0) is 27.4. The van der Waals surface area contributed by atoms with E-state index < -0.39 is 0 Å². The van der Waals surface area contributed by atoms with Crippen LogP contribution in [0.15, 0.2) is 42.1 Å². The molecule has 0 aromatic heterocycles. The van der Waals surface area contributed by atoms with E-state index in [4.69, 9.17) is 0 Å². The quantitative estimate of drug-likeness (QED) is 0.344. The lowest BCUT2D eigenvalue weighted by atomic mass is 9.79. The lowest BCUT2D eigenvalue weighted by molar-refractivity contribution is 0.163. The molecule has 2 aliphatic rings. The van der Waals surface area contributed by atoms with E-state index in [0.29, 0.717) is 5.41 Å². The Kier molecular flexibility index (Phi) is 13.8. The Hall–Kier alpha value is -1.83. The number of rotatable bonds is 7. The van der Waals surface area contributed by atoms with Gasteiger partial charge in [-0.2, -0.15) is 0 Å². The minimum atomic E-state index is 0.561. The van der Waals surface area contributed by atoms with Gasteiger partial charge in [-0.15, -0.1) is 0 Å². The van der Waals surface area contributed by atoms with E-state index in [-0.39, 0.29) is 0 Å². The van der Waals surface area contributed by atoms with Crippen molar-refractivity contribution in [3.8, 4) is 0 Å². The summed E-state index contributed by atoms with van der Waals surface area (Å²) in [4.78, 5) is 6.99. The fraction of sp³-hybridized carbons (Fsp3) is 0.676. The predicted octanol–water partition coefficient (Wildman–Crippen LogP) is 10.5. The molecule has 204 valence electrons. The summed E-state index contributed by atoms with van der Waals surface area (Å²) >= 11 is 0. The van der Waals surface area contributed by atoms with E-state index in [0.717, 1.165) is 23.2 Å². The van der Waals surface area contributed by atoms with Crippen LogP contribution in [-0.2, 0) is 6.42 Å². The van der Waals surface area contributed by atoms with Gasteiger partial charge in [0.15, 0.2) is 0 Å². The number of allylic oxidation sites excluding steroid dienone is 2. The third-order valence-electron chi connectivity index (χ3n) is 8.60. The second-order valence-corrected chi connectivity index (χ2v) is 12.0. The molecule has 0 radical (unpaired) electrons. The largest absolute Gasteiger partial charge is 0.375 e. The summed E-state index contributed by atoms with van der Waals surface area (Å²) in [5, 5.41) is 0. The number of piperidine rings is 1. The van der Waals surface area contributed by atoms with Crippen LogP contribution in [-0.4, -0.2) is 23.7 Å². The second kappa shape index (κ2) is 15.4. The molecule has 0 amide bonds. The molecule has 1 saturated heterocycles. The number of hydrogen-bond donors (Lipinski definition) is 0. The van der Waals surface area contributed by atoms with Crippen LogP contribution in [0, 0.1) is 24.7 Å². The van der Waals surface area contributed by atoms with Gasteiger partial charge in [0.2, 0.25) is 0 Å². The molecule has 1 aliphatic carbocycles. The van der Waals surface area contributed by atoms with Gasteiger partial charge in [0, 0.05) is 24.5 Å². The molecule has 0 N–H and O–H groups in total. The first-order valence-corrected chi connectivity index (χ1v) is 14.6. The molecule has 1 aliphatic heterocycles. The van der Waals surface area contributed by atoms with Gasteiger partial charge in [-0.25, -0.2) is 0 Å². The van der Waals surface area contributed by atoms with Crippen LogP contribution in [0.4, 0.5) is 5.69 Å². The standard InChI is InChI=1S/C14H19N.C10H19N.C10H20/c1-6-11(4)15-14-12(5)10(3)8-9-13(14)7-2;1-9(2)11-7-5-10(3,4)6-8-11;1-3-7-10(4-2)8-5-6-9-10/h6,8-9H,1,7H2,2-5H3;1,5-8H2,2-4H3;3-9H2,1-2H3. The fourth-order valence-corrected chi connectivity index (χ4v) is 5.45. The van der Waals surface area contributed by atoms with Crippen LogP contribution in [0.25, 0.3) is 0 Å². The summed E-state index contributed by atoms with van der Waals surface area (Å²) in [6.45, 7) is 29.9. The van der Waals surface area contributed by atoms with Gasteiger partial charge in [0.1, 0.15) is 0 Å². The van der Waals surface area contributed by atoms with Crippen LogP contribution >= 0.6 is 0 Å². The summed E-state index contributed by atoms with van der Waals surface area (Å²) in [7, 11) is 0. The first-order valence-electron chi connectivity index (χ1n) is 14.6. The third kappa shape index (κ3) is 10.3. The van der Waals surface area contributed by atoms with Crippen LogP contribution in [0.5, 0.6) is 0 Å². The summed E-state index contributed by atoms with van der Waals surface area (Å²) in [5.41, 5.74) is 8.53. The summed E-state index contributed by atoms with van der Waals surface area (Å²) in [5.74, 6) is 0. The molecule has 0 spiro atoms. The minimum absolute atomic E-state index is 0.561. The van der Waals surface area contributed by atoms with Crippen molar-refractivity contribution >= 4 is 11.4 Å². The van der Waals surface area contributed by atoms with Crippen molar-refractivity contribution in [2.24, 2.45) is 15.8 Å². The highest BCUT2D eigenvalue weighted by Crippen LogP contribution is 2.44. The van der Waals surface area contributed by atoms with Crippen molar-refractivity contribution < 1.29 is 0 Å². The van der Waals surface area contributed by atoms with Crippen molar-refractivity contribution in [1.29, 1.82) is 0 Å². The first-order chi connectivity index (χ1) is 16.9. The Labute approximate surface area is 225 Å². The van der Waals surface area contributed by atoms with Gasteiger partial charge in [-0.1, -0.05) is 85.6 Å². The van der Waals surface area contributed by atoms with Gasteiger partial charge >= 0.3 is 0 Å². The average molecular weight is 495 g/mol. The molecule has 1 aromatic carbocycles. The molecule has 1 aromatic rings. The van der Waals surface area contributed by atoms with Gasteiger partial charge in [0.25, 0.3) is 0 Å². The summed E-state index contributed by atoms with van der Waals surface area (Å²) in [6.07, 6.45) is 15.7.